The van der Waals surface area contributed by atoms with Crippen LogP contribution in [0.25, 0.3) is 0 Å². The highest BCUT2D eigenvalue weighted by molar-refractivity contribution is 6.32. The van der Waals surface area contributed by atoms with Crippen LogP contribution in [-0.2, 0) is 13.1 Å². The first-order valence-electron chi connectivity index (χ1n) is 6.94. The van der Waals surface area contributed by atoms with Crippen LogP contribution >= 0.6 is 11.6 Å². The quantitative estimate of drug-likeness (QED) is 0.776. The van der Waals surface area contributed by atoms with Gasteiger partial charge in [-0.3, -0.25) is 0 Å². The summed E-state index contributed by atoms with van der Waals surface area (Å²) in [6.45, 7) is 0.446. The van der Waals surface area contributed by atoms with E-state index >= 15 is 0 Å². The van der Waals surface area contributed by atoms with Gasteiger partial charge in [-0.15, -0.1) is 0 Å². The number of anilines is 1. The maximum atomic E-state index is 11.8. The van der Waals surface area contributed by atoms with Gasteiger partial charge in [-0.05, 0) is 12.1 Å². The second-order valence-electron chi connectivity index (χ2n) is 5.03. The predicted molar refractivity (Wildman–Crippen MR) is 88.6 cm³/mol. The summed E-state index contributed by atoms with van der Waals surface area (Å²) in [4.78, 5) is 22.0. The van der Waals surface area contributed by atoms with Gasteiger partial charge in [0.2, 0.25) is 5.95 Å². The largest absolute Gasteiger partial charge is 0.506 e. The summed E-state index contributed by atoms with van der Waals surface area (Å²) in [6.07, 6.45) is 1.64. The topological polar surface area (TPSA) is 90.4 Å². The Balaban J connectivity index is 1.86. The molecule has 3 N–H and O–H groups in total. The Hall–Kier alpha value is -2.54. The summed E-state index contributed by atoms with van der Waals surface area (Å²) in [6, 6.07) is 6.35. The van der Waals surface area contributed by atoms with E-state index in [0.717, 1.165) is 0 Å². The number of amides is 2. The lowest BCUT2D eigenvalue weighted by molar-refractivity contribution is 0.240. The van der Waals surface area contributed by atoms with Crippen molar-refractivity contribution in [3.05, 3.63) is 46.7 Å². The number of halogens is 1. The summed E-state index contributed by atoms with van der Waals surface area (Å²) in [7, 11) is 3.69. The van der Waals surface area contributed by atoms with Gasteiger partial charge in [0.25, 0.3) is 0 Å². The van der Waals surface area contributed by atoms with Crippen LogP contribution in [0, 0.1) is 0 Å². The number of phenols is 1. The van der Waals surface area contributed by atoms with Gasteiger partial charge in [0.1, 0.15) is 5.75 Å². The Bertz CT molecular complexity index is 693. The third-order valence-corrected chi connectivity index (χ3v) is 3.35. The molecule has 1 aromatic carbocycles. The number of rotatable bonds is 5. The van der Waals surface area contributed by atoms with Crippen molar-refractivity contribution < 1.29 is 9.90 Å². The molecular weight excluding hydrogens is 318 g/mol. The summed E-state index contributed by atoms with van der Waals surface area (Å²) in [5, 5.41) is 15.4. The van der Waals surface area contributed by atoms with E-state index in [1.54, 1.807) is 35.4 Å². The molecule has 0 aliphatic rings. The Kier molecular flexibility index (Phi) is 5.59. The van der Waals surface area contributed by atoms with E-state index in [4.69, 9.17) is 11.6 Å². The standard InChI is InChI=1S/C15H18ClN5O2/c1-21(2)14-17-7-6-11(20-14)9-19-15(23)18-8-10-4-3-5-12(16)13(10)22/h3-7,22H,8-9H2,1-2H3,(H2,18,19,23). The summed E-state index contributed by atoms with van der Waals surface area (Å²) in [5.41, 5.74) is 1.24. The van der Waals surface area contributed by atoms with Crippen LogP contribution in [0.15, 0.2) is 30.5 Å². The Morgan fingerprint density at radius 1 is 1.26 bits per heavy atom. The molecule has 0 saturated heterocycles. The number of hydrogen-bond donors (Lipinski definition) is 3. The van der Waals surface area contributed by atoms with Gasteiger partial charge in [-0.2, -0.15) is 0 Å². The fourth-order valence-corrected chi connectivity index (χ4v) is 2.00. The highest BCUT2D eigenvalue weighted by Crippen LogP contribution is 2.26. The summed E-state index contributed by atoms with van der Waals surface area (Å²) in [5.74, 6) is 0.550. The third-order valence-electron chi connectivity index (χ3n) is 3.04. The lowest BCUT2D eigenvalue weighted by Crippen LogP contribution is -2.34. The first-order chi connectivity index (χ1) is 11.0. The molecule has 0 radical (unpaired) electrons. The van der Waals surface area contributed by atoms with E-state index in [2.05, 4.69) is 20.6 Å². The molecule has 2 amide bonds. The van der Waals surface area contributed by atoms with Gasteiger partial charge >= 0.3 is 6.03 Å². The monoisotopic (exact) mass is 335 g/mol. The van der Waals surface area contributed by atoms with Crippen molar-refractivity contribution in [2.24, 2.45) is 0 Å². The molecule has 0 unspecified atom stereocenters. The summed E-state index contributed by atoms with van der Waals surface area (Å²) < 4.78 is 0. The van der Waals surface area contributed by atoms with Crippen molar-refractivity contribution in [3.8, 4) is 5.75 Å². The highest BCUT2D eigenvalue weighted by atomic mass is 35.5. The first-order valence-corrected chi connectivity index (χ1v) is 7.32. The number of nitrogens with zero attached hydrogens (tertiary/aromatic N) is 3. The molecule has 122 valence electrons. The number of phenolic OH excluding ortho intramolecular Hbond substituents is 1. The van der Waals surface area contributed by atoms with Crippen molar-refractivity contribution in [1.29, 1.82) is 0 Å². The van der Waals surface area contributed by atoms with Crippen LogP contribution in [0.3, 0.4) is 0 Å². The Morgan fingerprint density at radius 2 is 2.00 bits per heavy atom. The molecule has 2 aromatic rings. The third kappa shape index (κ3) is 4.72. The average Bonchev–Trinajstić information content (AvgIpc) is 2.54. The fourth-order valence-electron chi connectivity index (χ4n) is 1.81. The molecule has 1 heterocycles. The van der Waals surface area contributed by atoms with Crippen molar-refractivity contribution in [2.45, 2.75) is 13.1 Å². The minimum Gasteiger partial charge on any atom is -0.506 e. The molecule has 0 saturated carbocycles. The van der Waals surface area contributed by atoms with Crippen molar-refractivity contribution >= 4 is 23.6 Å². The number of hydrogen-bond acceptors (Lipinski definition) is 5. The number of para-hydroxylation sites is 1. The Labute approximate surface area is 139 Å². The van der Waals surface area contributed by atoms with Crippen LogP contribution in [0.5, 0.6) is 5.75 Å². The van der Waals surface area contributed by atoms with Crippen molar-refractivity contribution in [1.82, 2.24) is 20.6 Å². The zero-order valence-corrected chi connectivity index (χ0v) is 13.6. The van der Waals surface area contributed by atoms with Gasteiger partial charge in [0.15, 0.2) is 0 Å². The maximum absolute atomic E-state index is 11.8. The number of carbonyl (C=O) groups excluding carboxylic acids is 1. The molecule has 2 rings (SSSR count). The fraction of sp³-hybridized carbons (Fsp3) is 0.267. The maximum Gasteiger partial charge on any atom is 0.315 e. The van der Waals surface area contributed by atoms with E-state index in [0.29, 0.717) is 17.2 Å². The molecule has 0 aliphatic carbocycles. The minimum absolute atomic E-state index is 0.0270. The minimum atomic E-state index is -0.366. The van der Waals surface area contributed by atoms with Crippen LogP contribution in [0.4, 0.5) is 10.7 Å². The molecule has 0 spiro atoms. The second kappa shape index (κ2) is 7.64. The molecule has 7 nitrogen and oxygen atoms in total. The molecule has 8 heteroatoms. The van der Waals surface area contributed by atoms with Crippen molar-refractivity contribution in [3.63, 3.8) is 0 Å². The van der Waals surface area contributed by atoms with Gasteiger partial charge in [0.05, 0.1) is 17.3 Å². The highest BCUT2D eigenvalue weighted by Gasteiger charge is 2.07. The molecule has 0 fully saturated rings. The van der Waals surface area contributed by atoms with Crippen LogP contribution in [0.1, 0.15) is 11.3 Å². The normalized spacial score (nSPS) is 10.2. The van der Waals surface area contributed by atoms with E-state index in [1.165, 1.54) is 0 Å². The van der Waals surface area contributed by atoms with E-state index in [-0.39, 0.29) is 29.9 Å². The molecule has 0 atom stereocenters. The zero-order chi connectivity index (χ0) is 16.8. The van der Waals surface area contributed by atoms with Gasteiger partial charge in [-0.1, -0.05) is 23.7 Å². The number of carbonyl (C=O) groups is 1. The molecule has 1 aromatic heterocycles. The van der Waals surface area contributed by atoms with Gasteiger partial charge in [-0.25, -0.2) is 14.8 Å². The van der Waals surface area contributed by atoms with E-state index < -0.39 is 0 Å². The van der Waals surface area contributed by atoms with Gasteiger partial charge < -0.3 is 20.6 Å². The van der Waals surface area contributed by atoms with E-state index in [9.17, 15) is 9.90 Å². The summed E-state index contributed by atoms with van der Waals surface area (Å²) >= 11 is 5.81. The first kappa shape index (κ1) is 16.8. The molecule has 0 aliphatic heterocycles. The van der Waals surface area contributed by atoms with E-state index in [1.807, 2.05) is 14.1 Å². The molecule has 23 heavy (non-hydrogen) atoms. The van der Waals surface area contributed by atoms with Crippen LogP contribution < -0.4 is 15.5 Å². The predicted octanol–water partition coefficient (Wildman–Crippen LogP) is 1.90. The van der Waals surface area contributed by atoms with Gasteiger partial charge in [0, 0.05) is 32.4 Å². The molecular formula is C15H18ClN5O2. The smallest absolute Gasteiger partial charge is 0.315 e. The number of urea groups is 1. The lowest BCUT2D eigenvalue weighted by Gasteiger charge is -2.12. The molecule has 0 bridgehead atoms. The Morgan fingerprint density at radius 3 is 2.74 bits per heavy atom. The van der Waals surface area contributed by atoms with Crippen LogP contribution in [-0.4, -0.2) is 35.2 Å². The number of nitrogens with one attached hydrogen (secondary N) is 2. The van der Waals surface area contributed by atoms with Crippen molar-refractivity contribution in [2.75, 3.05) is 19.0 Å². The SMILES string of the molecule is CN(C)c1nccc(CNC(=O)NCc2cccc(Cl)c2O)n1. The lowest BCUT2D eigenvalue weighted by atomic mass is 10.2. The van der Waals surface area contributed by atoms with Crippen LogP contribution in [0.2, 0.25) is 5.02 Å². The number of benzene rings is 1. The number of aromatic hydroxyl groups is 1. The second-order valence-corrected chi connectivity index (χ2v) is 5.43. The average molecular weight is 336 g/mol. The number of aromatic nitrogens is 2. The zero-order valence-electron chi connectivity index (χ0n) is 12.9.